The average Bonchev–Trinajstić information content (AvgIpc) is 2.89. The Bertz CT molecular complexity index is 640. The number of carbonyl (C=O) groups is 1. The zero-order valence-electron chi connectivity index (χ0n) is 10.8. The molecule has 2 aromatic rings. The van der Waals surface area contributed by atoms with Crippen LogP contribution in [0.3, 0.4) is 0 Å². The molecule has 0 unspecified atom stereocenters. The Morgan fingerprint density at radius 3 is 3.15 bits per heavy atom. The number of carbonyl (C=O) groups excluding carboxylic acids is 1. The van der Waals surface area contributed by atoms with Crippen molar-refractivity contribution in [3.63, 3.8) is 0 Å². The average molecular weight is 278 g/mol. The number of H-pyrrole nitrogens is 1. The molecule has 1 aromatic carbocycles. The second kappa shape index (κ2) is 5.22. The van der Waals surface area contributed by atoms with Gasteiger partial charge in [-0.25, -0.2) is 4.39 Å². The largest absolute Gasteiger partial charge is 0.394 e. The summed E-state index contributed by atoms with van der Waals surface area (Å²) in [6.45, 7) is 1.14. The summed E-state index contributed by atoms with van der Waals surface area (Å²) in [6.07, 6.45) is -0.338. The van der Waals surface area contributed by atoms with Gasteiger partial charge < -0.3 is 19.7 Å². The van der Waals surface area contributed by atoms with Gasteiger partial charge in [0.25, 0.3) is 5.91 Å². The molecule has 106 valence electrons. The first kappa shape index (κ1) is 13.1. The minimum absolute atomic E-state index is 0.109. The molecular formula is C14H15FN2O3. The summed E-state index contributed by atoms with van der Waals surface area (Å²) in [4.78, 5) is 17.0. The van der Waals surface area contributed by atoms with Crippen LogP contribution in [0, 0.1) is 5.82 Å². The lowest BCUT2D eigenvalue weighted by atomic mass is 10.2. The van der Waals surface area contributed by atoms with Gasteiger partial charge in [0.15, 0.2) is 0 Å². The van der Waals surface area contributed by atoms with Crippen LogP contribution >= 0.6 is 0 Å². The van der Waals surface area contributed by atoms with Gasteiger partial charge in [-0.2, -0.15) is 0 Å². The standard InChI is InChI=1S/C14H15FN2O3/c15-10-1-2-12-9(5-10)6-13(16-12)14(19)17-3-4-20-11(7-17)8-18/h1-2,5-6,11,16,18H,3-4,7-8H2/t11-/m1/s1. The number of nitrogens with one attached hydrogen (secondary N) is 1. The van der Waals surface area contributed by atoms with Crippen LogP contribution in [0.1, 0.15) is 10.5 Å². The van der Waals surface area contributed by atoms with Crippen molar-refractivity contribution in [3.05, 3.63) is 35.8 Å². The molecule has 1 fully saturated rings. The highest BCUT2D eigenvalue weighted by molar-refractivity contribution is 5.98. The number of benzene rings is 1. The van der Waals surface area contributed by atoms with Gasteiger partial charge in [-0.05, 0) is 24.3 Å². The molecule has 1 aliphatic heterocycles. The molecule has 0 bridgehead atoms. The minimum Gasteiger partial charge on any atom is -0.394 e. The number of halogens is 1. The van der Waals surface area contributed by atoms with E-state index in [0.717, 1.165) is 5.52 Å². The number of rotatable bonds is 2. The highest BCUT2D eigenvalue weighted by Gasteiger charge is 2.25. The van der Waals surface area contributed by atoms with Crippen LogP contribution < -0.4 is 0 Å². The molecule has 0 radical (unpaired) electrons. The SMILES string of the molecule is O=C(c1cc2cc(F)ccc2[nH]1)N1CCO[C@@H](CO)C1. The van der Waals surface area contributed by atoms with Gasteiger partial charge in [-0.1, -0.05) is 0 Å². The number of amides is 1. The third kappa shape index (κ3) is 2.39. The van der Waals surface area contributed by atoms with E-state index < -0.39 is 0 Å². The molecule has 2 N–H and O–H groups in total. The molecular weight excluding hydrogens is 263 g/mol. The van der Waals surface area contributed by atoms with E-state index in [1.807, 2.05) is 0 Å². The summed E-state index contributed by atoms with van der Waals surface area (Å²) in [6, 6.07) is 5.99. The van der Waals surface area contributed by atoms with Gasteiger partial charge in [0.2, 0.25) is 0 Å². The summed E-state index contributed by atoms with van der Waals surface area (Å²) in [5.41, 5.74) is 1.14. The summed E-state index contributed by atoms with van der Waals surface area (Å²) < 4.78 is 18.5. The second-order valence-electron chi connectivity index (χ2n) is 4.84. The quantitative estimate of drug-likeness (QED) is 0.865. The molecule has 3 rings (SSSR count). The van der Waals surface area contributed by atoms with Gasteiger partial charge in [0.1, 0.15) is 11.5 Å². The van der Waals surface area contributed by atoms with E-state index in [2.05, 4.69) is 4.98 Å². The zero-order valence-corrected chi connectivity index (χ0v) is 10.8. The molecule has 1 amide bonds. The number of ether oxygens (including phenoxy) is 1. The Hall–Kier alpha value is -1.92. The molecule has 0 aliphatic carbocycles. The van der Waals surface area contributed by atoms with Gasteiger partial charge in [0, 0.05) is 24.0 Å². The second-order valence-corrected chi connectivity index (χ2v) is 4.84. The summed E-state index contributed by atoms with van der Waals surface area (Å²) in [5.74, 6) is -0.495. The lowest BCUT2D eigenvalue weighted by Crippen LogP contribution is -2.47. The molecule has 2 heterocycles. The number of aliphatic hydroxyl groups excluding tert-OH is 1. The fourth-order valence-corrected chi connectivity index (χ4v) is 2.40. The first-order valence-electron chi connectivity index (χ1n) is 6.47. The monoisotopic (exact) mass is 278 g/mol. The van der Waals surface area contributed by atoms with Crippen molar-refractivity contribution in [1.29, 1.82) is 0 Å². The number of hydrogen-bond acceptors (Lipinski definition) is 3. The van der Waals surface area contributed by atoms with Crippen LogP contribution in [0.2, 0.25) is 0 Å². The van der Waals surface area contributed by atoms with Crippen molar-refractivity contribution >= 4 is 16.8 Å². The molecule has 1 aromatic heterocycles. The predicted octanol–water partition coefficient (Wildman–Crippen LogP) is 1.14. The Labute approximate surface area is 115 Å². The molecule has 6 heteroatoms. The number of aromatic amines is 1. The Kier molecular flexibility index (Phi) is 3.42. The number of aromatic nitrogens is 1. The lowest BCUT2D eigenvalue weighted by molar-refractivity contribution is -0.0448. The van der Waals surface area contributed by atoms with Crippen molar-refractivity contribution in [2.24, 2.45) is 0 Å². The van der Waals surface area contributed by atoms with Crippen LogP contribution in [0.15, 0.2) is 24.3 Å². The zero-order chi connectivity index (χ0) is 14.1. The normalized spacial score (nSPS) is 19.5. The molecule has 1 atom stereocenters. The maximum atomic E-state index is 13.1. The van der Waals surface area contributed by atoms with Crippen LogP contribution in [0.4, 0.5) is 4.39 Å². The first-order valence-corrected chi connectivity index (χ1v) is 6.47. The van der Waals surface area contributed by atoms with Crippen LogP contribution in [0.25, 0.3) is 10.9 Å². The number of aliphatic hydroxyl groups is 1. The van der Waals surface area contributed by atoms with Crippen molar-refractivity contribution in [2.45, 2.75) is 6.10 Å². The van der Waals surface area contributed by atoms with E-state index in [0.29, 0.717) is 30.8 Å². The Morgan fingerprint density at radius 1 is 1.50 bits per heavy atom. The van der Waals surface area contributed by atoms with Crippen molar-refractivity contribution in [3.8, 4) is 0 Å². The summed E-state index contributed by atoms with van der Waals surface area (Å²) in [7, 11) is 0. The highest BCUT2D eigenvalue weighted by Crippen LogP contribution is 2.18. The number of morpholine rings is 1. The predicted molar refractivity (Wildman–Crippen MR) is 71.0 cm³/mol. The van der Waals surface area contributed by atoms with Crippen molar-refractivity contribution < 1.29 is 19.0 Å². The van der Waals surface area contributed by atoms with Gasteiger partial charge in [-0.15, -0.1) is 0 Å². The third-order valence-electron chi connectivity index (χ3n) is 3.44. The van der Waals surface area contributed by atoms with Crippen molar-refractivity contribution in [1.82, 2.24) is 9.88 Å². The fraction of sp³-hybridized carbons (Fsp3) is 0.357. The lowest BCUT2D eigenvalue weighted by Gasteiger charge is -2.31. The van der Waals surface area contributed by atoms with E-state index in [1.54, 1.807) is 17.0 Å². The summed E-state index contributed by atoms with van der Waals surface area (Å²) >= 11 is 0. The molecule has 1 aliphatic rings. The molecule has 1 saturated heterocycles. The molecule has 20 heavy (non-hydrogen) atoms. The van der Waals surface area contributed by atoms with E-state index >= 15 is 0 Å². The molecule has 5 nitrogen and oxygen atoms in total. The minimum atomic E-state index is -0.338. The topological polar surface area (TPSA) is 65.6 Å². The van der Waals surface area contributed by atoms with Gasteiger partial charge in [0.05, 0.1) is 19.3 Å². The van der Waals surface area contributed by atoms with Crippen LogP contribution in [0.5, 0.6) is 0 Å². The van der Waals surface area contributed by atoms with Gasteiger partial charge >= 0.3 is 0 Å². The number of hydrogen-bond donors (Lipinski definition) is 2. The maximum Gasteiger partial charge on any atom is 0.270 e. The Morgan fingerprint density at radius 2 is 2.35 bits per heavy atom. The van der Waals surface area contributed by atoms with E-state index in [1.165, 1.54) is 12.1 Å². The molecule has 0 spiro atoms. The van der Waals surface area contributed by atoms with E-state index in [9.17, 15) is 9.18 Å². The number of fused-ring (bicyclic) bond motifs is 1. The van der Waals surface area contributed by atoms with Crippen molar-refractivity contribution in [2.75, 3.05) is 26.3 Å². The van der Waals surface area contributed by atoms with Gasteiger partial charge in [-0.3, -0.25) is 4.79 Å². The molecule has 0 saturated carbocycles. The first-order chi connectivity index (χ1) is 9.67. The maximum absolute atomic E-state index is 13.1. The van der Waals surface area contributed by atoms with Crippen LogP contribution in [-0.2, 0) is 4.74 Å². The summed E-state index contributed by atoms with van der Waals surface area (Å²) in [5, 5.41) is 9.76. The highest BCUT2D eigenvalue weighted by atomic mass is 19.1. The third-order valence-corrected chi connectivity index (χ3v) is 3.44. The number of nitrogens with zero attached hydrogens (tertiary/aromatic N) is 1. The van der Waals surface area contributed by atoms with Crippen LogP contribution in [-0.4, -0.2) is 53.3 Å². The van der Waals surface area contributed by atoms with E-state index in [-0.39, 0.29) is 24.4 Å². The smallest absolute Gasteiger partial charge is 0.270 e. The fourth-order valence-electron chi connectivity index (χ4n) is 2.40. The Balaban J connectivity index is 1.84. The van der Waals surface area contributed by atoms with E-state index in [4.69, 9.17) is 9.84 Å².